The minimum Gasteiger partial charge on any atom is -0.459 e. The second-order valence-electron chi connectivity index (χ2n) is 5.37. The van der Waals surface area contributed by atoms with Crippen molar-refractivity contribution < 1.29 is 14.1 Å². The first kappa shape index (κ1) is 15.0. The van der Waals surface area contributed by atoms with Crippen LogP contribution in [0.5, 0.6) is 0 Å². The third kappa shape index (κ3) is 4.07. The Morgan fingerprint density at radius 1 is 1.09 bits per heavy atom. The van der Waals surface area contributed by atoms with Gasteiger partial charge in [-0.15, -0.1) is 0 Å². The SMILES string of the molecule is Cc1ccc(-c2cc(COC(=O)Cc3ccccc3)no2)cc1. The van der Waals surface area contributed by atoms with E-state index in [0.29, 0.717) is 11.5 Å². The van der Waals surface area contributed by atoms with Crippen LogP contribution in [0.3, 0.4) is 0 Å². The highest BCUT2D eigenvalue weighted by Gasteiger charge is 2.10. The van der Waals surface area contributed by atoms with E-state index in [2.05, 4.69) is 5.16 Å². The number of aromatic nitrogens is 1. The largest absolute Gasteiger partial charge is 0.459 e. The van der Waals surface area contributed by atoms with Crippen molar-refractivity contribution >= 4 is 5.97 Å². The van der Waals surface area contributed by atoms with Gasteiger partial charge in [-0.05, 0) is 12.5 Å². The van der Waals surface area contributed by atoms with Crippen LogP contribution < -0.4 is 0 Å². The summed E-state index contributed by atoms with van der Waals surface area (Å²) in [5, 5.41) is 3.94. The molecule has 1 aromatic heterocycles. The van der Waals surface area contributed by atoms with E-state index in [-0.39, 0.29) is 19.0 Å². The number of carbonyl (C=O) groups is 1. The van der Waals surface area contributed by atoms with Crippen molar-refractivity contribution in [1.82, 2.24) is 5.16 Å². The van der Waals surface area contributed by atoms with Crippen LogP contribution in [0.1, 0.15) is 16.8 Å². The molecule has 3 rings (SSSR count). The zero-order chi connectivity index (χ0) is 16.1. The summed E-state index contributed by atoms with van der Waals surface area (Å²) in [5.41, 5.74) is 3.66. The molecule has 0 radical (unpaired) electrons. The van der Waals surface area contributed by atoms with E-state index in [1.54, 1.807) is 6.07 Å². The average molecular weight is 307 g/mol. The number of hydrogen-bond donors (Lipinski definition) is 0. The third-order valence-corrected chi connectivity index (χ3v) is 3.47. The maximum absolute atomic E-state index is 11.8. The smallest absolute Gasteiger partial charge is 0.310 e. The molecule has 0 spiro atoms. The number of nitrogens with zero attached hydrogens (tertiary/aromatic N) is 1. The second kappa shape index (κ2) is 6.92. The molecule has 23 heavy (non-hydrogen) atoms. The number of ether oxygens (including phenoxy) is 1. The van der Waals surface area contributed by atoms with E-state index >= 15 is 0 Å². The molecule has 0 aliphatic heterocycles. The van der Waals surface area contributed by atoms with Crippen molar-refractivity contribution in [2.24, 2.45) is 0 Å². The topological polar surface area (TPSA) is 52.3 Å². The first-order valence-corrected chi connectivity index (χ1v) is 7.43. The van der Waals surface area contributed by atoms with Crippen LogP contribution in [0, 0.1) is 6.92 Å². The quantitative estimate of drug-likeness (QED) is 0.670. The number of hydrogen-bond acceptors (Lipinski definition) is 4. The number of aryl methyl sites for hydroxylation is 1. The molecule has 116 valence electrons. The Balaban J connectivity index is 1.57. The highest BCUT2D eigenvalue weighted by Crippen LogP contribution is 2.21. The lowest BCUT2D eigenvalue weighted by Crippen LogP contribution is -2.07. The molecule has 4 nitrogen and oxygen atoms in total. The highest BCUT2D eigenvalue weighted by atomic mass is 16.5. The number of carbonyl (C=O) groups excluding carboxylic acids is 1. The highest BCUT2D eigenvalue weighted by molar-refractivity contribution is 5.72. The summed E-state index contributed by atoms with van der Waals surface area (Å²) in [5.74, 6) is 0.384. The Hall–Kier alpha value is -2.88. The zero-order valence-electron chi connectivity index (χ0n) is 12.9. The second-order valence-corrected chi connectivity index (χ2v) is 5.37. The Kier molecular flexibility index (Phi) is 4.52. The lowest BCUT2D eigenvalue weighted by atomic mass is 10.1. The van der Waals surface area contributed by atoms with Gasteiger partial charge in [-0.25, -0.2) is 0 Å². The molecule has 4 heteroatoms. The fourth-order valence-electron chi connectivity index (χ4n) is 2.20. The van der Waals surface area contributed by atoms with Gasteiger partial charge in [0.1, 0.15) is 12.3 Å². The molecule has 2 aromatic carbocycles. The van der Waals surface area contributed by atoms with Gasteiger partial charge in [0.15, 0.2) is 5.76 Å². The molecule has 0 saturated carbocycles. The summed E-state index contributed by atoms with van der Waals surface area (Å²) in [6.45, 7) is 2.14. The van der Waals surface area contributed by atoms with Gasteiger partial charge in [0.05, 0.1) is 6.42 Å². The molecule has 0 unspecified atom stereocenters. The monoisotopic (exact) mass is 307 g/mol. The van der Waals surface area contributed by atoms with E-state index in [9.17, 15) is 4.79 Å². The van der Waals surface area contributed by atoms with Crippen LogP contribution in [0.25, 0.3) is 11.3 Å². The van der Waals surface area contributed by atoms with Crippen LogP contribution >= 0.6 is 0 Å². The summed E-state index contributed by atoms with van der Waals surface area (Å²) in [6, 6.07) is 19.3. The maximum Gasteiger partial charge on any atom is 0.310 e. The van der Waals surface area contributed by atoms with Crippen molar-refractivity contribution in [1.29, 1.82) is 0 Å². The summed E-state index contributed by atoms with van der Waals surface area (Å²) in [7, 11) is 0. The fourth-order valence-corrected chi connectivity index (χ4v) is 2.20. The van der Waals surface area contributed by atoms with Gasteiger partial charge in [-0.1, -0.05) is 65.3 Å². The van der Waals surface area contributed by atoms with Gasteiger partial charge < -0.3 is 9.26 Å². The minimum atomic E-state index is -0.281. The predicted octanol–water partition coefficient (Wildman–Crippen LogP) is 3.94. The Morgan fingerprint density at radius 2 is 1.83 bits per heavy atom. The Bertz CT molecular complexity index is 776. The molecule has 0 aliphatic carbocycles. The van der Waals surface area contributed by atoms with Gasteiger partial charge in [-0.3, -0.25) is 4.79 Å². The van der Waals surface area contributed by atoms with Crippen LogP contribution in [0.4, 0.5) is 0 Å². The number of rotatable bonds is 5. The minimum absolute atomic E-state index is 0.112. The van der Waals surface area contributed by atoms with Crippen molar-refractivity contribution in [2.75, 3.05) is 0 Å². The van der Waals surface area contributed by atoms with Crippen LogP contribution in [-0.2, 0) is 22.6 Å². The summed E-state index contributed by atoms with van der Waals surface area (Å²) < 4.78 is 10.5. The van der Waals surface area contributed by atoms with Gasteiger partial charge in [0.2, 0.25) is 0 Å². The first-order valence-electron chi connectivity index (χ1n) is 7.43. The molecule has 3 aromatic rings. The van der Waals surface area contributed by atoms with Crippen molar-refractivity contribution in [3.8, 4) is 11.3 Å². The molecule has 0 amide bonds. The van der Waals surface area contributed by atoms with Crippen LogP contribution in [0.2, 0.25) is 0 Å². The van der Waals surface area contributed by atoms with E-state index < -0.39 is 0 Å². The van der Waals surface area contributed by atoms with Crippen molar-refractivity contribution in [3.63, 3.8) is 0 Å². The van der Waals surface area contributed by atoms with Crippen LogP contribution in [0.15, 0.2) is 65.2 Å². The zero-order valence-corrected chi connectivity index (χ0v) is 12.9. The van der Waals surface area contributed by atoms with E-state index in [1.165, 1.54) is 5.56 Å². The molecule has 1 heterocycles. The van der Waals surface area contributed by atoms with Gasteiger partial charge in [0, 0.05) is 11.6 Å². The van der Waals surface area contributed by atoms with Crippen molar-refractivity contribution in [2.45, 2.75) is 20.0 Å². The normalized spacial score (nSPS) is 10.5. The summed E-state index contributed by atoms with van der Waals surface area (Å²) in [4.78, 5) is 11.8. The Morgan fingerprint density at radius 3 is 2.57 bits per heavy atom. The number of benzene rings is 2. The maximum atomic E-state index is 11.8. The van der Waals surface area contributed by atoms with Gasteiger partial charge in [-0.2, -0.15) is 0 Å². The van der Waals surface area contributed by atoms with Crippen molar-refractivity contribution in [3.05, 3.63) is 77.5 Å². The standard InChI is InChI=1S/C19H17NO3/c1-14-7-9-16(10-8-14)18-12-17(20-23-18)13-22-19(21)11-15-5-3-2-4-6-15/h2-10,12H,11,13H2,1H3. The van der Waals surface area contributed by atoms with E-state index in [0.717, 1.165) is 11.1 Å². The lowest BCUT2D eigenvalue weighted by molar-refractivity contribution is -0.144. The number of esters is 1. The predicted molar refractivity (Wildman–Crippen MR) is 86.6 cm³/mol. The summed E-state index contributed by atoms with van der Waals surface area (Å²) in [6.07, 6.45) is 0.253. The Labute approximate surface area is 134 Å². The molecular weight excluding hydrogens is 290 g/mol. The fraction of sp³-hybridized carbons (Fsp3) is 0.158. The molecule has 0 bridgehead atoms. The third-order valence-electron chi connectivity index (χ3n) is 3.47. The summed E-state index contributed by atoms with van der Waals surface area (Å²) >= 11 is 0. The first-order chi connectivity index (χ1) is 11.2. The average Bonchev–Trinajstić information content (AvgIpc) is 3.04. The van der Waals surface area contributed by atoms with Gasteiger partial charge in [0.25, 0.3) is 0 Å². The lowest BCUT2D eigenvalue weighted by Gasteiger charge is -2.02. The molecule has 0 saturated heterocycles. The van der Waals surface area contributed by atoms with Crippen LogP contribution in [-0.4, -0.2) is 11.1 Å². The van der Waals surface area contributed by atoms with E-state index in [1.807, 2.05) is 61.5 Å². The molecular formula is C19H17NO3. The molecule has 0 fully saturated rings. The molecule has 0 atom stereocenters. The van der Waals surface area contributed by atoms with Gasteiger partial charge >= 0.3 is 5.97 Å². The van der Waals surface area contributed by atoms with E-state index in [4.69, 9.17) is 9.26 Å². The molecule has 0 aliphatic rings. The molecule has 0 N–H and O–H groups in total.